The second-order valence-electron chi connectivity index (χ2n) is 3.08. The number of phenols is 1. The number of methoxy groups -OCH3 is 1. The maximum atomic E-state index is 10.9. The highest BCUT2D eigenvalue weighted by molar-refractivity contribution is 6.16. The summed E-state index contributed by atoms with van der Waals surface area (Å²) < 4.78 is 4.57. The van der Waals surface area contributed by atoms with Gasteiger partial charge in [-0.3, -0.25) is 0 Å². The normalized spacial score (nSPS) is 11.0. The first kappa shape index (κ1) is 12.6. The van der Waals surface area contributed by atoms with Gasteiger partial charge in [-0.25, -0.2) is 9.59 Å². The summed E-state index contributed by atoms with van der Waals surface area (Å²) >= 11 is 0. The first-order chi connectivity index (χ1) is 7.99. The van der Waals surface area contributed by atoms with Crippen LogP contribution in [0.25, 0.3) is 5.57 Å². The Bertz CT molecular complexity index is 489. The molecule has 1 rings (SSSR count). The molecule has 0 bridgehead atoms. The molecule has 17 heavy (non-hydrogen) atoms. The van der Waals surface area contributed by atoms with Crippen molar-refractivity contribution in [3.05, 3.63) is 35.6 Å². The molecule has 0 atom stereocenters. The van der Waals surface area contributed by atoms with Crippen LogP contribution in [0.5, 0.6) is 5.75 Å². The Kier molecular flexibility index (Phi) is 3.71. The largest absolute Gasteiger partial charge is 0.506 e. The van der Waals surface area contributed by atoms with Crippen LogP contribution in [0.2, 0.25) is 0 Å². The third kappa shape index (κ3) is 2.54. The third-order valence-corrected chi connectivity index (χ3v) is 2.02. The van der Waals surface area contributed by atoms with Crippen LogP contribution >= 0.6 is 0 Å². The van der Waals surface area contributed by atoms with E-state index in [-0.39, 0.29) is 16.7 Å². The van der Waals surface area contributed by atoms with Crippen LogP contribution in [0.4, 0.5) is 0 Å². The molecule has 0 heterocycles. The Morgan fingerprint density at radius 1 is 1.24 bits per heavy atom. The molecule has 0 aliphatic rings. The summed E-state index contributed by atoms with van der Waals surface area (Å²) in [7, 11) is 1.25. The Balaban J connectivity index is 3.40. The summed E-state index contributed by atoms with van der Waals surface area (Å²) in [6.45, 7) is 0. The van der Waals surface area contributed by atoms with Gasteiger partial charge < -0.3 is 20.1 Å². The Morgan fingerprint density at radius 3 is 2.29 bits per heavy atom. The van der Waals surface area contributed by atoms with Crippen molar-refractivity contribution in [1.29, 1.82) is 0 Å². The number of carboxylic acids is 2. The number of hydrogen-bond donors (Lipinski definition) is 3. The van der Waals surface area contributed by atoms with Crippen molar-refractivity contribution in [2.24, 2.45) is 0 Å². The van der Waals surface area contributed by atoms with Crippen molar-refractivity contribution in [2.45, 2.75) is 0 Å². The fourth-order valence-electron chi connectivity index (χ4n) is 1.28. The number of aliphatic carboxylic acids is 1. The summed E-state index contributed by atoms with van der Waals surface area (Å²) in [6, 6.07) is 3.80. The van der Waals surface area contributed by atoms with Gasteiger partial charge in [0.05, 0.1) is 13.4 Å². The molecule has 1 aromatic carbocycles. The second-order valence-corrected chi connectivity index (χ2v) is 3.08. The fraction of sp³-hybridized carbons (Fsp3) is 0.0909. The summed E-state index contributed by atoms with van der Waals surface area (Å²) in [6.07, 6.45) is 0.920. The zero-order valence-corrected chi connectivity index (χ0v) is 8.88. The summed E-state index contributed by atoms with van der Waals surface area (Å²) in [5, 5.41) is 27.4. The highest BCUT2D eigenvalue weighted by Gasteiger charge is 2.19. The number of aromatic hydroxyl groups is 1. The number of carboxylic acid groups (broad SMARTS) is 2. The first-order valence-corrected chi connectivity index (χ1v) is 4.51. The predicted molar refractivity (Wildman–Crippen MR) is 57.7 cm³/mol. The summed E-state index contributed by atoms with van der Waals surface area (Å²) in [5.74, 6) is -3.28. The van der Waals surface area contributed by atoms with Crippen LogP contribution < -0.4 is 0 Å². The lowest BCUT2D eigenvalue weighted by atomic mass is 10.0. The Labute approximate surface area is 96.4 Å². The minimum Gasteiger partial charge on any atom is -0.506 e. The van der Waals surface area contributed by atoms with E-state index in [1.807, 2.05) is 0 Å². The van der Waals surface area contributed by atoms with E-state index in [2.05, 4.69) is 4.74 Å². The lowest BCUT2D eigenvalue weighted by molar-refractivity contribution is -0.130. The summed E-state index contributed by atoms with van der Waals surface area (Å²) in [5.41, 5.74) is -0.807. The van der Waals surface area contributed by atoms with Gasteiger partial charge in [-0.15, -0.1) is 0 Å². The number of carbonyl (C=O) groups is 2. The molecule has 0 aliphatic carbocycles. The molecule has 0 amide bonds. The molecule has 0 fully saturated rings. The van der Waals surface area contributed by atoms with Crippen LogP contribution in [0.1, 0.15) is 15.9 Å². The van der Waals surface area contributed by atoms with Crippen molar-refractivity contribution < 1.29 is 29.6 Å². The van der Waals surface area contributed by atoms with Gasteiger partial charge >= 0.3 is 11.9 Å². The number of rotatable bonds is 4. The van der Waals surface area contributed by atoms with Gasteiger partial charge in [0.1, 0.15) is 16.9 Å². The number of hydrogen-bond acceptors (Lipinski definition) is 4. The lowest BCUT2D eigenvalue weighted by Crippen LogP contribution is -2.04. The SMILES string of the molecule is CO/C=C(\C(=O)O)c1cccc(C(=O)O)c1O. The average Bonchev–Trinajstić information content (AvgIpc) is 2.26. The highest BCUT2D eigenvalue weighted by atomic mass is 16.5. The molecule has 1 aromatic rings. The first-order valence-electron chi connectivity index (χ1n) is 4.51. The molecule has 0 saturated carbocycles. The van der Waals surface area contributed by atoms with E-state index < -0.39 is 17.7 Å². The molecule has 0 radical (unpaired) electrons. The van der Waals surface area contributed by atoms with E-state index >= 15 is 0 Å². The Morgan fingerprint density at radius 2 is 1.82 bits per heavy atom. The molecule has 0 aliphatic heterocycles. The smallest absolute Gasteiger partial charge is 0.339 e. The van der Waals surface area contributed by atoms with Gasteiger partial charge in [0.25, 0.3) is 0 Å². The number of ether oxygens (including phenoxy) is 1. The zero-order valence-electron chi connectivity index (χ0n) is 8.88. The molecule has 0 unspecified atom stereocenters. The maximum Gasteiger partial charge on any atom is 0.339 e. The molecular weight excluding hydrogens is 228 g/mol. The lowest BCUT2D eigenvalue weighted by Gasteiger charge is -2.07. The fourth-order valence-corrected chi connectivity index (χ4v) is 1.28. The molecule has 6 nitrogen and oxygen atoms in total. The van der Waals surface area contributed by atoms with Crippen molar-refractivity contribution in [2.75, 3.05) is 7.11 Å². The van der Waals surface area contributed by atoms with E-state index in [9.17, 15) is 14.7 Å². The van der Waals surface area contributed by atoms with Crippen LogP contribution in [-0.4, -0.2) is 34.4 Å². The summed E-state index contributed by atoms with van der Waals surface area (Å²) in [4.78, 5) is 21.7. The molecule has 0 saturated heterocycles. The standard InChI is InChI=1S/C11H10O6/c1-17-5-8(11(15)16)6-3-2-4-7(9(6)12)10(13)14/h2-5,12H,1H3,(H,13,14)(H,15,16)/b8-5-. The van der Waals surface area contributed by atoms with Crippen molar-refractivity contribution in [1.82, 2.24) is 0 Å². The zero-order chi connectivity index (χ0) is 13.0. The van der Waals surface area contributed by atoms with E-state index in [1.54, 1.807) is 0 Å². The van der Waals surface area contributed by atoms with E-state index in [0.29, 0.717) is 0 Å². The van der Waals surface area contributed by atoms with Gasteiger partial charge in [0, 0.05) is 5.56 Å². The maximum absolute atomic E-state index is 10.9. The van der Waals surface area contributed by atoms with Crippen LogP contribution in [-0.2, 0) is 9.53 Å². The van der Waals surface area contributed by atoms with Gasteiger partial charge in [-0.2, -0.15) is 0 Å². The van der Waals surface area contributed by atoms with Gasteiger partial charge in [-0.05, 0) is 6.07 Å². The van der Waals surface area contributed by atoms with E-state index in [4.69, 9.17) is 10.2 Å². The van der Waals surface area contributed by atoms with Gasteiger partial charge in [-0.1, -0.05) is 12.1 Å². The highest BCUT2D eigenvalue weighted by Crippen LogP contribution is 2.29. The minimum absolute atomic E-state index is 0.112. The van der Waals surface area contributed by atoms with Crippen molar-refractivity contribution in [3.63, 3.8) is 0 Å². The molecule has 0 spiro atoms. The van der Waals surface area contributed by atoms with E-state index in [1.165, 1.54) is 25.3 Å². The minimum atomic E-state index is -1.34. The van der Waals surface area contributed by atoms with Crippen molar-refractivity contribution >= 4 is 17.5 Å². The molecule has 0 aromatic heterocycles. The second kappa shape index (κ2) is 5.02. The van der Waals surface area contributed by atoms with Crippen LogP contribution in [0.15, 0.2) is 24.5 Å². The molecule has 90 valence electrons. The van der Waals surface area contributed by atoms with Gasteiger partial charge in [0.2, 0.25) is 0 Å². The van der Waals surface area contributed by atoms with E-state index in [0.717, 1.165) is 6.26 Å². The number of benzene rings is 1. The predicted octanol–water partition coefficient (Wildman–Crippen LogP) is 1.16. The quantitative estimate of drug-likeness (QED) is 0.537. The topological polar surface area (TPSA) is 104 Å². The number of para-hydroxylation sites is 1. The van der Waals surface area contributed by atoms with Crippen molar-refractivity contribution in [3.8, 4) is 5.75 Å². The molecular formula is C11H10O6. The molecule has 3 N–H and O–H groups in total. The number of aromatic carboxylic acids is 1. The molecule has 6 heteroatoms. The monoisotopic (exact) mass is 238 g/mol. The van der Waals surface area contributed by atoms with Crippen LogP contribution in [0, 0.1) is 0 Å². The third-order valence-electron chi connectivity index (χ3n) is 2.02. The van der Waals surface area contributed by atoms with Crippen LogP contribution in [0.3, 0.4) is 0 Å². The Hall–Kier alpha value is -2.50. The van der Waals surface area contributed by atoms with Gasteiger partial charge in [0.15, 0.2) is 0 Å². The average molecular weight is 238 g/mol.